The Kier molecular flexibility index (Phi) is 4.19. The van der Waals surface area contributed by atoms with Gasteiger partial charge in [-0.05, 0) is 42.9 Å². The first-order valence-electron chi connectivity index (χ1n) is 6.93. The standard InChI is InChI=1S/C16H19F2N/c1-2-12-4-3-5-16(9-12,11-19)10-13-6-14(17)8-15(18)7-13/h6-8,12H,2-5,9-10H2,1H3. The molecule has 1 aliphatic carbocycles. The second-order valence-electron chi connectivity index (χ2n) is 5.72. The van der Waals surface area contributed by atoms with E-state index in [2.05, 4.69) is 13.0 Å². The third-order valence-electron chi connectivity index (χ3n) is 4.23. The maximum atomic E-state index is 13.2. The summed E-state index contributed by atoms with van der Waals surface area (Å²) < 4.78 is 26.5. The fourth-order valence-corrected chi connectivity index (χ4v) is 3.24. The van der Waals surface area contributed by atoms with Gasteiger partial charge in [-0.1, -0.05) is 26.2 Å². The number of rotatable bonds is 3. The third-order valence-corrected chi connectivity index (χ3v) is 4.23. The Balaban J connectivity index is 2.20. The summed E-state index contributed by atoms with van der Waals surface area (Å²) in [5, 5.41) is 9.52. The maximum Gasteiger partial charge on any atom is 0.126 e. The molecule has 3 heteroatoms. The van der Waals surface area contributed by atoms with Crippen molar-refractivity contribution in [3.63, 3.8) is 0 Å². The number of halogens is 2. The Labute approximate surface area is 113 Å². The lowest BCUT2D eigenvalue weighted by Gasteiger charge is -2.35. The molecule has 0 spiro atoms. The van der Waals surface area contributed by atoms with Crippen LogP contribution in [0.4, 0.5) is 8.78 Å². The van der Waals surface area contributed by atoms with Crippen LogP contribution in [0.15, 0.2) is 18.2 Å². The predicted molar refractivity (Wildman–Crippen MR) is 70.4 cm³/mol. The summed E-state index contributed by atoms with van der Waals surface area (Å²) in [6.45, 7) is 2.14. The van der Waals surface area contributed by atoms with Gasteiger partial charge in [0.1, 0.15) is 11.6 Å². The minimum atomic E-state index is -0.564. The van der Waals surface area contributed by atoms with Crippen molar-refractivity contribution in [3.05, 3.63) is 35.4 Å². The van der Waals surface area contributed by atoms with E-state index in [9.17, 15) is 14.0 Å². The van der Waals surface area contributed by atoms with Gasteiger partial charge in [0.25, 0.3) is 0 Å². The van der Waals surface area contributed by atoms with Gasteiger partial charge in [-0.15, -0.1) is 0 Å². The Hall–Kier alpha value is -1.43. The van der Waals surface area contributed by atoms with E-state index in [1.54, 1.807) is 0 Å². The number of nitriles is 1. The average molecular weight is 263 g/mol. The van der Waals surface area contributed by atoms with Crippen LogP contribution in [-0.4, -0.2) is 0 Å². The van der Waals surface area contributed by atoms with Crippen molar-refractivity contribution in [1.29, 1.82) is 5.26 Å². The number of hydrogen-bond donors (Lipinski definition) is 0. The Morgan fingerprint density at radius 2 is 2.00 bits per heavy atom. The minimum absolute atomic E-state index is 0.445. The van der Waals surface area contributed by atoms with Crippen molar-refractivity contribution >= 4 is 0 Å². The van der Waals surface area contributed by atoms with Gasteiger partial charge in [-0.25, -0.2) is 8.78 Å². The van der Waals surface area contributed by atoms with Crippen molar-refractivity contribution in [1.82, 2.24) is 0 Å². The zero-order chi connectivity index (χ0) is 13.9. The van der Waals surface area contributed by atoms with Crippen molar-refractivity contribution in [2.24, 2.45) is 11.3 Å². The minimum Gasteiger partial charge on any atom is -0.207 e. The molecule has 1 aliphatic rings. The van der Waals surface area contributed by atoms with Crippen molar-refractivity contribution in [2.75, 3.05) is 0 Å². The lowest BCUT2D eigenvalue weighted by Crippen LogP contribution is -2.29. The molecule has 2 unspecified atom stereocenters. The summed E-state index contributed by atoms with van der Waals surface area (Å²) in [5.41, 5.74) is 0.148. The summed E-state index contributed by atoms with van der Waals surface area (Å²) in [6.07, 6.45) is 5.40. The highest BCUT2D eigenvalue weighted by Crippen LogP contribution is 2.42. The van der Waals surface area contributed by atoms with E-state index < -0.39 is 17.0 Å². The first kappa shape index (κ1) is 14.0. The van der Waals surface area contributed by atoms with Crippen LogP contribution >= 0.6 is 0 Å². The second kappa shape index (κ2) is 5.69. The number of hydrogen-bond acceptors (Lipinski definition) is 1. The SMILES string of the molecule is CCC1CCCC(C#N)(Cc2cc(F)cc(F)c2)C1. The van der Waals surface area contributed by atoms with E-state index in [1.807, 2.05) is 0 Å². The fraction of sp³-hybridized carbons (Fsp3) is 0.562. The number of benzene rings is 1. The van der Waals surface area contributed by atoms with Crippen molar-refractivity contribution < 1.29 is 8.78 Å². The molecule has 0 radical (unpaired) electrons. The summed E-state index contributed by atoms with van der Waals surface area (Å²) in [6, 6.07) is 5.99. The number of nitrogens with zero attached hydrogens (tertiary/aromatic N) is 1. The van der Waals surface area contributed by atoms with Gasteiger partial charge in [-0.3, -0.25) is 0 Å². The lowest BCUT2D eigenvalue weighted by atomic mass is 9.67. The smallest absolute Gasteiger partial charge is 0.126 e. The van der Waals surface area contributed by atoms with E-state index in [4.69, 9.17) is 0 Å². The molecule has 2 rings (SSSR count). The molecule has 19 heavy (non-hydrogen) atoms. The van der Waals surface area contributed by atoms with Gasteiger partial charge in [0.2, 0.25) is 0 Å². The molecule has 0 heterocycles. The molecule has 1 aromatic carbocycles. The van der Waals surface area contributed by atoms with E-state index in [-0.39, 0.29) is 0 Å². The van der Waals surface area contributed by atoms with E-state index >= 15 is 0 Å². The van der Waals surface area contributed by atoms with Gasteiger partial charge < -0.3 is 0 Å². The van der Waals surface area contributed by atoms with Gasteiger partial charge in [0, 0.05) is 6.07 Å². The van der Waals surface area contributed by atoms with Crippen LogP contribution in [0.3, 0.4) is 0 Å². The Morgan fingerprint density at radius 1 is 1.32 bits per heavy atom. The summed E-state index contributed by atoms with van der Waals surface area (Å²) in [4.78, 5) is 0. The summed E-state index contributed by atoms with van der Waals surface area (Å²) in [5.74, 6) is -0.566. The summed E-state index contributed by atoms with van der Waals surface area (Å²) >= 11 is 0. The highest BCUT2D eigenvalue weighted by atomic mass is 19.1. The molecule has 2 atom stereocenters. The van der Waals surface area contributed by atoms with Crippen LogP contribution < -0.4 is 0 Å². The normalized spacial score (nSPS) is 26.9. The topological polar surface area (TPSA) is 23.8 Å². The molecular weight excluding hydrogens is 244 g/mol. The first-order chi connectivity index (χ1) is 9.07. The predicted octanol–water partition coefficient (Wildman–Crippen LogP) is 4.62. The van der Waals surface area contributed by atoms with Gasteiger partial charge >= 0.3 is 0 Å². The Morgan fingerprint density at radius 3 is 2.58 bits per heavy atom. The average Bonchev–Trinajstić information content (AvgIpc) is 2.37. The molecule has 0 aromatic heterocycles. The van der Waals surface area contributed by atoms with Crippen LogP contribution in [-0.2, 0) is 6.42 Å². The largest absolute Gasteiger partial charge is 0.207 e. The molecule has 0 bridgehead atoms. The van der Waals surface area contributed by atoms with Crippen LogP contribution in [0.2, 0.25) is 0 Å². The zero-order valence-corrected chi connectivity index (χ0v) is 11.3. The quantitative estimate of drug-likeness (QED) is 0.780. The monoisotopic (exact) mass is 263 g/mol. The van der Waals surface area contributed by atoms with Crippen LogP contribution in [0.5, 0.6) is 0 Å². The Bertz CT molecular complexity index is 472. The van der Waals surface area contributed by atoms with Crippen LogP contribution in [0.25, 0.3) is 0 Å². The van der Waals surface area contributed by atoms with Crippen molar-refractivity contribution in [2.45, 2.75) is 45.4 Å². The highest BCUT2D eigenvalue weighted by molar-refractivity contribution is 5.22. The molecule has 1 aromatic rings. The zero-order valence-electron chi connectivity index (χ0n) is 11.3. The van der Waals surface area contributed by atoms with Gasteiger partial charge in [-0.2, -0.15) is 5.26 Å². The molecule has 0 saturated heterocycles. The molecule has 0 amide bonds. The van der Waals surface area contributed by atoms with Crippen LogP contribution in [0, 0.1) is 34.3 Å². The third kappa shape index (κ3) is 3.32. The lowest BCUT2D eigenvalue weighted by molar-refractivity contribution is 0.194. The summed E-state index contributed by atoms with van der Waals surface area (Å²) in [7, 11) is 0. The molecule has 0 aliphatic heterocycles. The fourth-order valence-electron chi connectivity index (χ4n) is 3.24. The molecule has 1 fully saturated rings. The van der Waals surface area contributed by atoms with E-state index in [1.165, 1.54) is 12.1 Å². The molecule has 1 nitrogen and oxygen atoms in total. The van der Waals surface area contributed by atoms with Crippen molar-refractivity contribution in [3.8, 4) is 6.07 Å². The molecule has 0 N–H and O–H groups in total. The second-order valence-corrected chi connectivity index (χ2v) is 5.72. The first-order valence-corrected chi connectivity index (χ1v) is 6.93. The van der Waals surface area contributed by atoms with E-state index in [0.29, 0.717) is 17.9 Å². The van der Waals surface area contributed by atoms with E-state index in [0.717, 1.165) is 38.2 Å². The highest BCUT2D eigenvalue weighted by Gasteiger charge is 2.36. The van der Waals surface area contributed by atoms with Crippen LogP contribution in [0.1, 0.15) is 44.6 Å². The maximum absolute atomic E-state index is 13.2. The van der Waals surface area contributed by atoms with Gasteiger partial charge in [0.05, 0.1) is 11.5 Å². The molecular formula is C16H19F2N. The van der Waals surface area contributed by atoms with Gasteiger partial charge in [0.15, 0.2) is 0 Å². The molecule has 1 saturated carbocycles. The molecule has 102 valence electrons.